The third-order valence-corrected chi connectivity index (χ3v) is 2.37. The number of nitrogens with zero attached hydrogens (tertiary/aromatic N) is 3. The lowest BCUT2D eigenvalue weighted by Gasteiger charge is -2.19. The number of hydrogen-bond acceptors (Lipinski definition) is 4. The number of para-hydroxylation sites is 1. The number of ether oxygens (including phenoxy) is 1. The molecule has 2 aromatic rings. The Hall–Kier alpha value is -2.43. The van der Waals surface area contributed by atoms with Crippen molar-refractivity contribution < 1.29 is 9.53 Å². The Balaban J connectivity index is 2.12. The van der Waals surface area contributed by atoms with Crippen LogP contribution in [0.5, 0.6) is 5.75 Å². The molecule has 0 aliphatic carbocycles. The zero-order valence-electron chi connectivity index (χ0n) is 9.98. The Bertz CT molecular complexity index is 502. The molecule has 5 heteroatoms. The van der Waals surface area contributed by atoms with Gasteiger partial charge in [-0.15, -0.1) is 0 Å². The van der Waals surface area contributed by atoms with Crippen LogP contribution < -0.4 is 9.64 Å². The predicted molar refractivity (Wildman–Crippen MR) is 67.5 cm³/mol. The van der Waals surface area contributed by atoms with Crippen molar-refractivity contribution in [3.63, 3.8) is 0 Å². The van der Waals surface area contributed by atoms with Gasteiger partial charge in [-0.25, -0.2) is 4.79 Å². The monoisotopic (exact) mass is 243 g/mol. The van der Waals surface area contributed by atoms with Gasteiger partial charge in [0.15, 0.2) is 0 Å². The van der Waals surface area contributed by atoms with Gasteiger partial charge >= 0.3 is 6.09 Å². The summed E-state index contributed by atoms with van der Waals surface area (Å²) in [5.41, 5.74) is 0.661. The number of aromatic nitrogens is 2. The highest BCUT2D eigenvalue weighted by atomic mass is 16.6. The first kappa shape index (κ1) is 12.0. The van der Waals surface area contributed by atoms with Crippen LogP contribution in [0.3, 0.4) is 0 Å². The van der Waals surface area contributed by atoms with Crippen LogP contribution in [0.15, 0.2) is 48.8 Å². The number of amides is 1. The van der Waals surface area contributed by atoms with E-state index in [9.17, 15) is 4.79 Å². The summed E-state index contributed by atoms with van der Waals surface area (Å²) in [6, 6.07) is 10.7. The number of rotatable bonds is 3. The van der Waals surface area contributed by atoms with Crippen molar-refractivity contribution >= 4 is 11.8 Å². The van der Waals surface area contributed by atoms with Gasteiger partial charge in [-0.2, -0.15) is 10.2 Å². The number of hydrogen-bond donors (Lipinski definition) is 0. The van der Waals surface area contributed by atoms with E-state index in [2.05, 4.69) is 10.2 Å². The van der Waals surface area contributed by atoms with Crippen LogP contribution >= 0.6 is 0 Å². The van der Waals surface area contributed by atoms with Crippen molar-refractivity contribution in [2.45, 2.75) is 6.92 Å². The average Bonchev–Trinajstić information content (AvgIpc) is 2.42. The summed E-state index contributed by atoms with van der Waals surface area (Å²) < 4.78 is 5.26. The molecule has 1 amide bonds. The average molecular weight is 243 g/mol. The van der Waals surface area contributed by atoms with E-state index in [-0.39, 0.29) is 0 Å². The fourth-order valence-corrected chi connectivity index (χ4v) is 1.50. The molecular weight excluding hydrogens is 230 g/mol. The molecule has 0 fully saturated rings. The molecule has 0 atom stereocenters. The fraction of sp³-hybridized carbons (Fsp3) is 0.154. The van der Waals surface area contributed by atoms with Crippen molar-refractivity contribution in [1.82, 2.24) is 10.2 Å². The lowest BCUT2D eigenvalue weighted by atomic mass is 10.3. The molecule has 1 heterocycles. The first-order valence-corrected chi connectivity index (χ1v) is 5.62. The molecule has 5 nitrogen and oxygen atoms in total. The van der Waals surface area contributed by atoms with Crippen LogP contribution in [0, 0.1) is 0 Å². The van der Waals surface area contributed by atoms with Gasteiger partial charge in [0.1, 0.15) is 5.75 Å². The molecule has 1 aromatic carbocycles. The Morgan fingerprint density at radius 2 is 2.00 bits per heavy atom. The van der Waals surface area contributed by atoms with E-state index < -0.39 is 6.09 Å². The first-order chi connectivity index (χ1) is 8.81. The third kappa shape index (κ3) is 2.82. The van der Waals surface area contributed by atoms with Gasteiger partial charge in [0.2, 0.25) is 0 Å². The smallest absolute Gasteiger partial charge is 0.410 e. The Morgan fingerprint density at radius 3 is 2.61 bits per heavy atom. The highest BCUT2D eigenvalue weighted by molar-refractivity contribution is 5.88. The van der Waals surface area contributed by atoms with Gasteiger partial charge in [-0.05, 0) is 25.1 Å². The van der Waals surface area contributed by atoms with Crippen LogP contribution in [0.4, 0.5) is 10.5 Å². The predicted octanol–water partition coefficient (Wildman–Crippen LogP) is 2.50. The molecule has 0 N–H and O–H groups in total. The third-order valence-electron chi connectivity index (χ3n) is 2.37. The van der Waals surface area contributed by atoms with E-state index in [1.54, 1.807) is 18.2 Å². The van der Waals surface area contributed by atoms with E-state index in [1.807, 2.05) is 25.1 Å². The zero-order chi connectivity index (χ0) is 12.8. The van der Waals surface area contributed by atoms with Gasteiger partial charge in [-0.1, -0.05) is 18.2 Å². The lowest BCUT2D eigenvalue weighted by Crippen LogP contribution is -2.33. The Kier molecular flexibility index (Phi) is 3.86. The van der Waals surface area contributed by atoms with E-state index in [1.165, 1.54) is 17.3 Å². The van der Waals surface area contributed by atoms with Crippen LogP contribution in [0.1, 0.15) is 6.92 Å². The minimum atomic E-state index is -0.434. The minimum absolute atomic E-state index is 0.434. The molecule has 0 saturated carbocycles. The molecule has 2 rings (SSSR count). The van der Waals surface area contributed by atoms with Gasteiger partial charge in [-0.3, -0.25) is 4.90 Å². The largest absolute Gasteiger partial charge is 0.419 e. The van der Waals surface area contributed by atoms with Gasteiger partial charge in [0, 0.05) is 6.54 Å². The molecule has 92 valence electrons. The Labute approximate surface area is 105 Å². The quantitative estimate of drug-likeness (QED) is 0.831. The summed E-state index contributed by atoms with van der Waals surface area (Å²) in [6.07, 6.45) is 2.63. The molecule has 0 spiro atoms. The maximum absolute atomic E-state index is 12.0. The van der Waals surface area contributed by atoms with Crippen LogP contribution in [0.25, 0.3) is 0 Å². The van der Waals surface area contributed by atoms with Crippen molar-refractivity contribution in [2.75, 3.05) is 11.4 Å². The van der Waals surface area contributed by atoms with E-state index >= 15 is 0 Å². The zero-order valence-corrected chi connectivity index (χ0v) is 9.98. The van der Waals surface area contributed by atoms with Crippen molar-refractivity contribution in [3.05, 3.63) is 48.8 Å². The minimum Gasteiger partial charge on any atom is -0.410 e. The molecule has 0 saturated heterocycles. The van der Waals surface area contributed by atoms with Gasteiger partial charge in [0.25, 0.3) is 0 Å². The molecular formula is C13H13N3O2. The molecule has 18 heavy (non-hydrogen) atoms. The summed E-state index contributed by atoms with van der Waals surface area (Å²) in [4.78, 5) is 13.5. The lowest BCUT2D eigenvalue weighted by molar-refractivity contribution is 0.208. The first-order valence-electron chi connectivity index (χ1n) is 5.62. The number of anilines is 1. The van der Waals surface area contributed by atoms with Crippen LogP contribution in [0.2, 0.25) is 0 Å². The topological polar surface area (TPSA) is 55.3 Å². The van der Waals surface area contributed by atoms with Crippen molar-refractivity contribution in [2.24, 2.45) is 0 Å². The normalized spacial score (nSPS) is 9.83. The summed E-state index contributed by atoms with van der Waals surface area (Å²) in [7, 11) is 0. The summed E-state index contributed by atoms with van der Waals surface area (Å²) in [5.74, 6) is 0.517. The summed E-state index contributed by atoms with van der Waals surface area (Å²) >= 11 is 0. The SMILES string of the molecule is CCN(C(=O)Oc1ccccc1)c1ccnnc1. The highest BCUT2D eigenvalue weighted by Gasteiger charge is 2.16. The number of benzene rings is 1. The second-order valence-corrected chi connectivity index (χ2v) is 3.53. The number of carbonyl (C=O) groups is 1. The van der Waals surface area contributed by atoms with Gasteiger partial charge in [0.05, 0.1) is 18.1 Å². The van der Waals surface area contributed by atoms with Gasteiger partial charge < -0.3 is 4.74 Å². The molecule has 0 aliphatic rings. The van der Waals surface area contributed by atoms with Crippen molar-refractivity contribution in [3.8, 4) is 5.75 Å². The fourth-order valence-electron chi connectivity index (χ4n) is 1.50. The van der Waals surface area contributed by atoms with Crippen LogP contribution in [-0.4, -0.2) is 22.8 Å². The van der Waals surface area contributed by atoms with Crippen LogP contribution in [-0.2, 0) is 0 Å². The highest BCUT2D eigenvalue weighted by Crippen LogP contribution is 2.15. The second-order valence-electron chi connectivity index (χ2n) is 3.53. The molecule has 0 radical (unpaired) electrons. The maximum Gasteiger partial charge on any atom is 0.419 e. The van der Waals surface area contributed by atoms with E-state index in [0.717, 1.165) is 0 Å². The summed E-state index contributed by atoms with van der Waals surface area (Å²) in [5, 5.41) is 7.42. The molecule has 0 bridgehead atoms. The molecule has 0 unspecified atom stereocenters. The standard InChI is InChI=1S/C13H13N3O2/c1-2-16(11-8-9-14-15-10-11)13(17)18-12-6-4-3-5-7-12/h3-10H,2H2,1H3. The molecule has 0 aliphatic heterocycles. The van der Waals surface area contributed by atoms with Crippen molar-refractivity contribution in [1.29, 1.82) is 0 Å². The Morgan fingerprint density at radius 1 is 1.22 bits per heavy atom. The van der Waals surface area contributed by atoms with E-state index in [4.69, 9.17) is 4.74 Å². The molecule has 1 aromatic heterocycles. The second kappa shape index (κ2) is 5.77. The number of carbonyl (C=O) groups excluding carboxylic acids is 1. The van der Waals surface area contributed by atoms with E-state index in [0.29, 0.717) is 18.0 Å². The maximum atomic E-state index is 12.0. The summed E-state index contributed by atoms with van der Waals surface area (Å²) in [6.45, 7) is 2.37.